The highest BCUT2D eigenvalue weighted by Crippen LogP contribution is 2.31. The van der Waals surface area contributed by atoms with E-state index >= 15 is 0 Å². The van der Waals surface area contributed by atoms with Gasteiger partial charge in [0.25, 0.3) is 0 Å². The molecule has 0 aromatic heterocycles. The van der Waals surface area contributed by atoms with Gasteiger partial charge in [-0.3, -0.25) is 4.99 Å². The molecule has 2 aliphatic heterocycles. The monoisotopic (exact) mass is 444 g/mol. The minimum Gasteiger partial charge on any atom is -0.355 e. The standard InChI is InChI=1S/C14H28N4S2.HI/c1-15-13(16-9-12-5-4-7-20-12)17-10-14(18(2)3)6-8-19-11-14;/h12H,4-11H2,1-3H3,(H2,15,16,17);1H. The first-order valence-electron chi connectivity index (χ1n) is 7.47. The Kier molecular flexibility index (Phi) is 9.12. The highest BCUT2D eigenvalue weighted by molar-refractivity contribution is 14.0. The van der Waals surface area contributed by atoms with E-state index in [2.05, 4.69) is 58.1 Å². The first-order chi connectivity index (χ1) is 9.66. The van der Waals surface area contributed by atoms with Crippen LogP contribution in [0.2, 0.25) is 0 Å². The summed E-state index contributed by atoms with van der Waals surface area (Å²) < 4.78 is 0. The molecule has 2 rings (SSSR count). The Balaban J connectivity index is 0.00000220. The average molecular weight is 444 g/mol. The molecule has 2 N–H and O–H groups in total. The number of nitrogens with one attached hydrogen (secondary N) is 2. The van der Waals surface area contributed by atoms with Crippen molar-refractivity contribution in [3.8, 4) is 0 Å². The second-order valence-electron chi connectivity index (χ2n) is 5.86. The van der Waals surface area contributed by atoms with Gasteiger partial charge in [-0.05, 0) is 44.9 Å². The van der Waals surface area contributed by atoms with Crippen molar-refractivity contribution >= 4 is 53.5 Å². The molecule has 0 aliphatic carbocycles. The van der Waals surface area contributed by atoms with Gasteiger partial charge in [0, 0.05) is 36.7 Å². The lowest BCUT2D eigenvalue weighted by Gasteiger charge is -2.36. The molecule has 0 radical (unpaired) electrons. The van der Waals surface area contributed by atoms with Crippen LogP contribution in [0.3, 0.4) is 0 Å². The van der Waals surface area contributed by atoms with Crippen LogP contribution >= 0.6 is 47.5 Å². The van der Waals surface area contributed by atoms with E-state index in [1.807, 2.05) is 7.05 Å². The SMILES string of the molecule is CN=C(NCC1CCCS1)NCC1(N(C)C)CCSC1.I. The van der Waals surface area contributed by atoms with Crippen LogP contribution in [0.4, 0.5) is 0 Å². The number of nitrogens with zero attached hydrogens (tertiary/aromatic N) is 2. The van der Waals surface area contributed by atoms with Crippen molar-refractivity contribution in [1.82, 2.24) is 15.5 Å². The molecule has 0 spiro atoms. The Bertz CT molecular complexity index is 327. The summed E-state index contributed by atoms with van der Waals surface area (Å²) in [6.07, 6.45) is 3.96. The van der Waals surface area contributed by atoms with Gasteiger partial charge < -0.3 is 15.5 Å². The second-order valence-corrected chi connectivity index (χ2v) is 8.38. The van der Waals surface area contributed by atoms with Gasteiger partial charge in [0.2, 0.25) is 0 Å². The maximum Gasteiger partial charge on any atom is 0.191 e. The molecule has 0 saturated carbocycles. The Morgan fingerprint density at radius 1 is 1.33 bits per heavy atom. The number of halogens is 1. The average Bonchev–Trinajstić information content (AvgIpc) is 3.10. The summed E-state index contributed by atoms with van der Waals surface area (Å²) in [4.78, 5) is 6.74. The summed E-state index contributed by atoms with van der Waals surface area (Å²) in [5.41, 5.74) is 0.282. The molecule has 124 valence electrons. The summed E-state index contributed by atoms with van der Waals surface area (Å²) in [6.45, 7) is 2.01. The number of hydrogen-bond donors (Lipinski definition) is 2. The van der Waals surface area contributed by atoms with Crippen molar-refractivity contribution in [2.75, 3.05) is 51.5 Å². The molecule has 2 saturated heterocycles. The number of thioether (sulfide) groups is 2. The first kappa shape index (κ1) is 19.7. The summed E-state index contributed by atoms with van der Waals surface area (Å²) in [5.74, 6) is 4.75. The molecule has 21 heavy (non-hydrogen) atoms. The van der Waals surface area contributed by atoms with Gasteiger partial charge >= 0.3 is 0 Å². The van der Waals surface area contributed by atoms with Gasteiger partial charge in [-0.15, -0.1) is 24.0 Å². The third-order valence-corrected chi connectivity index (χ3v) is 6.99. The van der Waals surface area contributed by atoms with Crippen molar-refractivity contribution in [2.45, 2.75) is 30.1 Å². The maximum atomic E-state index is 4.36. The topological polar surface area (TPSA) is 39.7 Å². The van der Waals surface area contributed by atoms with Gasteiger partial charge in [-0.25, -0.2) is 0 Å². The van der Waals surface area contributed by atoms with Crippen LogP contribution in [-0.4, -0.2) is 73.1 Å². The molecule has 0 aromatic rings. The number of likely N-dealkylation sites (N-methyl/N-ethyl adjacent to an activating group) is 1. The molecule has 0 amide bonds. The van der Waals surface area contributed by atoms with Crippen LogP contribution in [0.1, 0.15) is 19.3 Å². The lowest BCUT2D eigenvalue weighted by molar-refractivity contribution is 0.183. The number of hydrogen-bond acceptors (Lipinski definition) is 4. The van der Waals surface area contributed by atoms with Crippen LogP contribution in [0.25, 0.3) is 0 Å². The van der Waals surface area contributed by atoms with E-state index in [9.17, 15) is 0 Å². The van der Waals surface area contributed by atoms with Gasteiger partial charge in [-0.1, -0.05) is 0 Å². The van der Waals surface area contributed by atoms with E-state index in [1.165, 1.54) is 36.5 Å². The molecule has 7 heteroatoms. The minimum atomic E-state index is 0. The Hall–Kier alpha value is 0.660. The van der Waals surface area contributed by atoms with Gasteiger partial charge in [0.05, 0.1) is 0 Å². The van der Waals surface area contributed by atoms with Crippen molar-refractivity contribution < 1.29 is 0 Å². The maximum absolute atomic E-state index is 4.36. The number of guanidine groups is 1. The molecule has 0 bridgehead atoms. The zero-order chi connectivity index (χ0) is 14.4. The van der Waals surface area contributed by atoms with Crippen molar-refractivity contribution in [2.24, 2.45) is 4.99 Å². The second kappa shape index (κ2) is 9.72. The summed E-state index contributed by atoms with van der Waals surface area (Å²) in [6, 6.07) is 0. The molecule has 2 unspecified atom stereocenters. The Labute approximate surface area is 155 Å². The zero-order valence-electron chi connectivity index (χ0n) is 13.4. The molecule has 4 nitrogen and oxygen atoms in total. The Morgan fingerprint density at radius 3 is 2.67 bits per heavy atom. The van der Waals surface area contributed by atoms with E-state index in [-0.39, 0.29) is 29.5 Å². The Morgan fingerprint density at radius 2 is 2.14 bits per heavy atom. The quantitative estimate of drug-likeness (QED) is 0.386. The van der Waals surface area contributed by atoms with E-state index in [0.717, 1.165) is 24.3 Å². The predicted molar refractivity (Wildman–Crippen MR) is 109 cm³/mol. The van der Waals surface area contributed by atoms with Gasteiger partial charge in [0.15, 0.2) is 5.96 Å². The third-order valence-electron chi connectivity index (χ3n) is 4.36. The minimum absolute atomic E-state index is 0. The van der Waals surface area contributed by atoms with Crippen LogP contribution < -0.4 is 10.6 Å². The third kappa shape index (κ3) is 5.66. The van der Waals surface area contributed by atoms with E-state index in [0.29, 0.717) is 0 Å². The summed E-state index contributed by atoms with van der Waals surface area (Å²) in [5, 5.41) is 7.78. The van der Waals surface area contributed by atoms with Crippen LogP contribution in [0.15, 0.2) is 4.99 Å². The predicted octanol–water partition coefficient (Wildman–Crippen LogP) is 2.10. The molecule has 2 heterocycles. The lowest BCUT2D eigenvalue weighted by Crippen LogP contribution is -2.55. The highest BCUT2D eigenvalue weighted by atomic mass is 127. The molecular formula is C14H29IN4S2. The van der Waals surface area contributed by atoms with Crippen LogP contribution in [0.5, 0.6) is 0 Å². The summed E-state index contributed by atoms with van der Waals surface area (Å²) >= 11 is 4.14. The number of rotatable bonds is 5. The molecule has 2 fully saturated rings. The van der Waals surface area contributed by atoms with Gasteiger partial charge in [0.1, 0.15) is 0 Å². The van der Waals surface area contributed by atoms with Crippen molar-refractivity contribution in [3.05, 3.63) is 0 Å². The molecule has 2 aliphatic rings. The summed E-state index contributed by atoms with van der Waals surface area (Å²) in [7, 11) is 6.25. The van der Waals surface area contributed by atoms with E-state index in [4.69, 9.17) is 0 Å². The van der Waals surface area contributed by atoms with E-state index < -0.39 is 0 Å². The van der Waals surface area contributed by atoms with Crippen LogP contribution in [-0.2, 0) is 0 Å². The largest absolute Gasteiger partial charge is 0.355 e. The lowest BCUT2D eigenvalue weighted by atomic mass is 9.97. The number of aliphatic imine (C=N–C) groups is 1. The first-order valence-corrected chi connectivity index (χ1v) is 9.68. The van der Waals surface area contributed by atoms with Crippen molar-refractivity contribution in [3.63, 3.8) is 0 Å². The van der Waals surface area contributed by atoms with E-state index in [1.54, 1.807) is 0 Å². The normalized spacial score (nSPS) is 29.5. The van der Waals surface area contributed by atoms with Crippen LogP contribution in [0, 0.1) is 0 Å². The van der Waals surface area contributed by atoms with Crippen molar-refractivity contribution in [1.29, 1.82) is 0 Å². The molecule has 0 aromatic carbocycles. The zero-order valence-corrected chi connectivity index (χ0v) is 17.3. The fourth-order valence-electron chi connectivity index (χ4n) is 2.73. The smallest absolute Gasteiger partial charge is 0.191 e. The highest BCUT2D eigenvalue weighted by Gasteiger charge is 2.36. The fourth-order valence-corrected chi connectivity index (χ4v) is 5.49. The van der Waals surface area contributed by atoms with Gasteiger partial charge in [-0.2, -0.15) is 23.5 Å². The molecule has 2 atom stereocenters. The fraction of sp³-hybridized carbons (Fsp3) is 0.929. The molecular weight excluding hydrogens is 415 g/mol.